The lowest BCUT2D eigenvalue weighted by molar-refractivity contribution is -0.384. The summed E-state index contributed by atoms with van der Waals surface area (Å²) >= 11 is 3.39. The highest BCUT2D eigenvalue weighted by Crippen LogP contribution is 2.39. The third-order valence-corrected chi connectivity index (χ3v) is 3.90. The summed E-state index contributed by atoms with van der Waals surface area (Å²) in [5.74, 6) is 0. The highest BCUT2D eigenvalue weighted by Gasteiger charge is 2.41. The molecular formula is C11H13BrN2O2. The molecule has 0 aliphatic heterocycles. The summed E-state index contributed by atoms with van der Waals surface area (Å²) in [7, 11) is 1.96. The molecule has 1 N–H and O–H groups in total. The van der Waals surface area contributed by atoms with Crippen LogP contribution in [0.3, 0.4) is 0 Å². The van der Waals surface area contributed by atoms with Crippen LogP contribution in [0, 0.1) is 10.1 Å². The van der Waals surface area contributed by atoms with Gasteiger partial charge in [0.25, 0.3) is 5.69 Å². The normalized spacial score (nSPS) is 17.1. The number of hydrogen-bond donors (Lipinski definition) is 1. The molecule has 1 aliphatic rings. The number of halogens is 1. The molecule has 5 heteroatoms. The van der Waals surface area contributed by atoms with Crippen molar-refractivity contribution in [2.45, 2.75) is 24.8 Å². The van der Waals surface area contributed by atoms with Crippen LogP contribution in [0.5, 0.6) is 0 Å². The van der Waals surface area contributed by atoms with Crippen LogP contribution in [0.25, 0.3) is 0 Å². The fraction of sp³-hybridized carbons (Fsp3) is 0.455. The first-order chi connectivity index (χ1) is 7.56. The Morgan fingerprint density at radius 1 is 1.56 bits per heavy atom. The smallest absolute Gasteiger partial charge is 0.270 e. The van der Waals surface area contributed by atoms with Crippen LogP contribution in [-0.4, -0.2) is 17.5 Å². The van der Waals surface area contributed by atoms with E-state index in [1.54, 1.807) is 12.1 Å². The van der Waals surface area contributed by atoms with Crippen LogP contribution in [-0.2, 0) is 6.42 Å². The fourth-order valence-electron chi connectivity index (χ4n) is 1.82. The predicted octanol–water partition coefficient (Wildman–Crippen LogP) is 2.65. The van der Waals surface area contributed by atoms with E-state index in [9.17, 15) is 10.1 Å². The van der Waals surface area contributed by atoms with E-state index in [0.717, 1.165) is 16.5 Å². The van der Waals surface area contributed by atoms with Crippen molar-refractivity contribution in [1.29, 1.82) is 0 Å². The maximum Gasteiger partial charge on any atom is 0.270 e. The molecule has 0 saturated heterocycles. The molecule has 2 rings (SSSR count). The Bertz CT molecular complexity index is 430. The summed E-state index contributed by atoms with van der Waals surface area (Å²) < 4.78 is 0.822. The topological polar surface area (TPSA) is 55.2 Å². The van der Waals surface area contributed by atoms with Gasteiger partial charge in [0.2, 0.25) is 0 Å². The number of nitro groups is 1. The van der Waals surface area contributed by atoms with Gasteiger partial charge < -0.3 is 5.32 Å². The van der Waals surface area contributed by atoms with Gasteiger partial charge in [-0.2, -0.15) is 0 Å². The lowest BCUT2D eigenvalue weighted by Crippen LogP contribution is -2.29. The van der Waals surface area contributed by atoms with Gasteiger partial charge in [0.05, 0.1) is 4.92 Å². The average Bonchev–Trinajstić information content (AvgIpc) is 3.01. The predicted molar refractivity (Wildman–Crippen MR) is 65.5 cm³/mol. The molecule has 0 atom stereocenters. The van der Waals surface area contributed by atoms with Gasteiger partial charge in [0.1, 0.15) is 0 Å². The lowest BCUT2D eigenvalue weighted by atomic mass is 10.0. The molecule has 4 nitrogen and oxygen atoms in total. The van der Waals surface area contributed by atoms with Crippen molar-refractivity contribution in [2.75, 3.05) is 7.05 Å². The quantitative estimate of drug-likeness (QED) is 0.683. The molecule has 0 spiro atoms. The second kappa shape index (κ2) is 4.14. The third-order valence-electron chi connectivity index (χ3n) is 3.16. The molecule has 0 aromatic heterocycles. The summed E-state index contributed by atoms with van der Waals surface area (Å²) in [4.78, 5) is 10.2. The van der Waals surface area contributed by atoms with Gasteiger partial charge >= 0.3 is 0 Å². The molecule has 86 valence electrons. The summed E-state index contributed by atoms with van der Waals surface area (Å²) in [5.41, 5.74) is 1.47. The average molecular weight is 285 g/mol. The molecule has 1 aromatic rings. The molecule has 0 bridgehead atoms. The Hall–Kier alpha value is -0.940. The summed E-state index contributed by atoms with van der Waals surface area (Å²) in [6.45, 7) is 0. The molecule has 0 radical (unpaired) electrons. The summed E-state index contributed by atoms with van der Waals surface area (Å²) in [5, 5.41) is 13.9. The zero-order valence-electron chi connectivity index (χ0n) is 9.00. The van der Waals surface area contributed by atoms with Crippen LogP contribution in [0.2, 0.25) is 0 Å². The Balaban J connectivity index is 2.20. The maximum absolute atomic E-state index is 10.6. The molecule has 1 aliphatic carbocycles. The van der Waals surface area contributed by atoms with Gasteiger partial charge in [-0.15, -0.1) is 0 Å². The minimum Gasteiger partial charge on any atom is -0.314 e. The van der Waals surface area contributed by atoms with Crippen LogP contribution < -0.4 is 5.32 Å². The van der Waals surface area contributed by atoms with Crippen molar-refractivity contribution >= 4 is 21.6 Å². The van der Waals surface area contributed by atoms with Crippen molar-refractivity contribution < 1.29 is 4.92 Å². The van der Waals surface area contributed by atoms with E-state index in [2.05, 4.69) is 21.2 Å². The van der Waals surface area contributed by atoms with E-state index in [1.165, 1.54) is 12.8 Å². The zero-order valence-corrected chi connectivity index (χ0v) is 10.6. The first-order valence-electron chi connectivity index (χ1n) is 5.18. The molecule has 1 saturated carbocycles. The molecular weight excluding hydrogens is 272 g/mol. The van der Waals surface area contributed by atoms with Crippen molar-refractivity contribution in [1.82, 2.24) is 5.32 Å². The van der Waals surface area contributed by atoms with Crippen molar-refractivity contribution in [3.05, 3.63) is 38.3 Å². The fourth-order valence-corrected chi connectivity index (χ4v) is 2.33. The van der Waals surface area contributed by atoms with E-state index >= 15 is 0 Å². The molecule has 1 aromatic carbocycles. The number of likely N-dealkylation sites (N-methyl/N-ethyl adjacent to an activating group) is 1. The van der Waals surface area contributed by atoms with Gasteiger partial charge in [-0.05, 0) is 31.9 Å². The molecule has 0 unspecified atom stereocenters. The SMILES string of the molecule is CNC1(Cc2ccc([N+](=O)[O-])cc2Br)CC1. The summed E-state index contributed by atoms with van der Waals surface area (Å²) in [6.07, 6.45) is 3.27. The van der Waals surface area contributed by atoms with Gasteiger partial charge in [-0.1, -0.05) is 22.0 Å². The van der Waals surface area contributed by atoms with Gasteiger partial charge in [0, 0.05) is 22.1 Å². The Morgan fingerprint density at radius 3 is 2.69 bits per heavy atom. The molecule has 0 heterocycles. The number of hydrogen-bond acceptors (Lipinski definition) is 3. The molecule has 16 heavy (non-hydrogen) atoms. The number of non-ortho nitro benzene ring substituents is 1. The van der Waals surface area contributed by atoms with Gasteiger partial charge in [-0.3, -0.25) is 10.1 Å². The monoisotopic (exact) mass is 284 g/mol. The highest BCUT2D eigenvalue weighted by molar-refractivity contribution is 9.10. The Labute approximate surface area is 102 Å². The van der Waals surface area contributed by atoms with Crippen LogP contribution >= 0.6 is 15.9 Å². The second-order valence-corrected chi connectivity index (χ2v) is 5.09. The van der Waals surface area contributed by atoms with E-state index in [-0.39, 0.29) is 16.1 Å². The van der Waals surface area contributed by atoms with E-state index in [0.29, 0.717) is 0 Å². The van der Waals surface area contributed by atoms with E-state index in [4.69, 9.17) is 0 Å². The van der Waals surface area contributed by atoms with Crippen molar-refractivity contribution in [3.8, 4) is 0 Å². The number of benzene rings is 1. The van der Waals surface area contributed by atoms with E-state index < -0.39 is 0 Å². The second-order valence-electron chi connectivity index (χ2n) is 4.24. The largest absolute Gasteiger partial charge is 0.314 e. The number of rotatable bonds is 4. The molecule has 0 amide bonds. The summed E-state index contributed by atoms with van der Waals surface area (Å²) in [6, 6.07) is 4.96. The Kier molecular flexibility index (Phi) is 2.99. The minimum atomic E-state index is -0.375. The van der Waals surface area contributed by atoms with Crippen LogP contribution in [0.15, 0.2) is 22.7 Å². The number of nitrogens with zero attached hydrogens (tertiary/aromatic N) is 1. The third kappa shape index (κ3) is 2.25. The standard InChI is InChI=1S/C11H13BrN2O2/c1-13-11(4-5-11)7-8-2-3-9(14(15)16)6-10(8)12/h2-3,6,13H,4-5,7H2,1H3. The highest BCUT2D eigenvalue weighted by atomic mass is 79.9. The van der Waals surface area contributed by atoms with Crippen LogP contribution in [0.1, 0.15) is 18.4 Å². The minimum absolute atomic E-state index is 0.130. The lowest BCUT2D eigenvalue weighted by Gasteiger charge is -2.14. The first-order valence-corrected chi connectivity index (χ1v) is 5.97. The van der Waals surface area contributed by atoms with Crippen LogP contribution in [0.4, 0.5) is 5.69 Å². The number of nitrogens with one attached hydrogen (secondary N) is 1. The Morgan fingerprint density at radius 2 is 2.25 bits per heavy atom. The zero-order chi connectivity index (χ0) is 11.8. The maximum atomic E-state index is 10.6. The van der Waals surface area contributed by atoms with E-state index in [1.807, 2.05) is 13.1 Å². The molecule has 1 fully saturated rings. The van der Waals surface area contributed by atoms with Gasteiger partial charge in [-0.25, -0.2) is 0 Å². The van der Waals surface area contributed by atoms with Gasteiger partial charge in [0.15, 0.2) is 0 Å². The number of nitro benzene ring substituents is 1. The first kappa shape index (κ1) is 11.5. The van der Waals surface area contributed by atoms with Crippen molar-refractivity contribution in [2.24, 2.45) is 0 Å². The van der Waals surface area contributed by atoms with Crippen molar-refractivity contribution in [3.63, 3.8) is 0 Å².